The topological polar surface area (TPSA) is 30.2 Å². The monoisotopic (exact) mass is 431 g/mol. The van der Waals surface area contributed by atoms with E-state index in [1.807, 2.05) is 47.3 Å². The second kappa shape index (κ2) is 5.58. The van der Waals surface area contributed by atoms with Crippen molar-refractivity contribution in [3.05, 3.63) is 79.3 Å². The summed E-state index contributed by atoms with van der Waals surface area (Å²) in [5, 5.41) is 7.78. The summed E-state index contributed by atoms with van der Waals surface area (Å²) in [6.45, 7) is 0. The summed E-state index contributed by atoms with van der Waals surface area (Å²) in [4.78, 5) is 9.30. The third-order valence-electron chi connectivity index (χ3n) is 6.30. The first-order chi connectivity index (χ1) is 15.4. The summed E-state index contributed by atoms with van der Waals surface area (Å²) >= 11 is 3.76. The highest BCUT2D eigenvalue weighted by atomic mass is 32.1. The number of nitrogens with zero attached hydrogens (tertiary/aromatic N) is 3. The number of hydrogen-bond acceptors (Lipinski definition) is 4. The van der Waals surface area contributed by atoms with Crippen molar-refractivity contribution in [2.45, 2.75) is 0 Å². The standard InChI is InChI=1S/C26H13N3S2/c1-2-6-19-14(4-1)16-12-22-17(13-21(16)30-19)24-20(31-22)8-7-18-23(24)15-5-3-9-27-25(15)26-28-10-11-29(18)26/h1-13H. The van der Waals surface area contributed by atoms with Gasteiger partial charge in [0.25, 0.3) is 0 Å². The molecule has 0 saturated carbocycles. The van der Waals surface area contributed by atoms with Crippen LogP contribution >= 0.6 is 22.7 Å². The summed E-state index contributed by atoms with van der Waals surface area (Å²) in [6, 6.07) is 22.2. The molecule has 0 aliphatic heterocycles. The number of aromatic nitrogens is 3. The Morgan fingerprint density at radius 1 is 0.613 bits per heavy atom. The Hall–Kier alpha value is -3.54. The van der Waals surface area contributed by atoms with Gasteiger partial charge < -0.3 is 0 Å². The van der Waals surface area contributed by atoms with Crippen LogP contribution in [0.5, 0.6) is 0 Å². The maximum Gasteiger partial charge on any atom is 0.163 e. The van der Waals surface area contributed by atoms with Crippen LogP contribution < -0.4 is 0 Å². The third-order valence-corrected chi connectivity index (χ3v) is 8.55. The van der Waals surface area contributed by atoms with E-state index in [9.17, 15) is 0 Å². The Morgan fingerprint density at radius 3 is 2.45 bits per heavy atom. The summed E-state index contributed by atoms with van der Waals surface area (Å²) < 4.78 is 7.51. The molecule has 5 aromatic heterocycles. The van der Waals surface area contributed by atoms with Gasteiger partial charge in [-0.2, -0.15) is 0 Å². The van der Waals surface area contributed by atoms with Gasteiger partial charge in [0, 0.05) is 69.7 Å². The van der Waals surface area contributed by atoms with Gasteiger partial charge in [-0.3, -0.25) is 9.38 Å². The van der Waals surface area contributed by atoms with Crippen molar-refractivity contribution in [1.82, 2.24) is 14.4 Å². The molecule has 8 aromatic rings. The van der Waals surface area contributed by atoms with Crippen LogP contribution in [0, 0.1) is 0 Å². The van der Waals surface area contributed by atoms with E-state index >= 15 is 0 Å². The SMILES string of the molecule is c1ccc2c(c1)sc1cc3c(cc12)sc1ccc2c(c4cccnc4c4nccn24)c13. The molecule has 0 aliphatic rings. The van der Waals surface area contributed by atoms with Crippen LogP contribution in [0.25, 0.3) is 67.8 Å². The molecule has 0 spiro atoms. The number of benzene rings is 3. The van der Waals surface area contributed by atoms with Crippen LogP contribution in [0.15, 0.2) is 79.3 Å². The lowest BCUT2D eigenvalue weighted by Gasteiger charge is -2.09. The van der Waals surface area contributed by atoms with Gasteiger partial charge in [0.1, 0.15) is 5.52 Å². The highest BCUT2D eigenvalue weighted by Crippen LogP contribution is 2.45. The van der Waals surface area contributed by atoms with Crippen molar-refractivity contribution < 1.29 is 0 Å². The molecule has 0 unspecified atom stereocenters. The smallest absolute Gasteiger partial charge is 0.163 e. The van der Waals surface area contributed by atoms with Gasteiger partial charge in [-0.1, -0.05) is 24.3 Å². The lowest BCUT2D eigenvalue weighted by atomic mass is 10.0. The zero-order valence-electron chi connectivity index (χ0n) is 16.2. The van der Waals surface area contributed by atoms with Crippen molar-refractivity contribution in [3.8, 4) is 0 Å². The van der Waals surface area contributed by atoms with Crippen LogP contribution in [0.4, 0.5) is 0 Å². The predicted molar refractivity (Wildman–Crippen MR) is 134 cm³/mol. The zero-order valence-corrected chi connectivity index (χ0v) is 17.8. The largest absolute Gasteiger partial charge is 0.298 e. The Kier molecular flexibility index (Phi) is 2.91. The molecule has 0 radical (unpaired) electrons. The molecule has 8 rings (SSSR count). The molecule has 31 heavy (non-hydrogen) atoms. The molecule has 5 heterocycles. The molecule has 3 nitrogen and oxygen atoms in total. The Morgan fingerprint density at radius 2 is 1.45 bits per heavy atom. The number of fused-ring (bicyclic) bond motifs is 13. The maximum absolute atomic E-state index is 4.70. The van der Waals surface area contributed by atoms with Crippen molar-refractivity contribution >= 4 is 90.5 Å². The first-order valence-corrected chi connectivity index (χ1v) is 11.8. The molecular weight excluding hydrogens is 418 g/mol. The Bertz CT molecular complexity index is 2010. The third kappa shape index (κ3) is 1.98. The van der Waals surface area contributed by atoms with E-state index in [2.05, 4.69) is 64.0 Å². The van der Waals surface area contributed by atoms with Gasteiger partial charge in [0.15, 0.2) is 5.65 Å². The lowest BCUT2D eigenvalue weighted by molar-refractivity contribution is 1.26. The lowest BCUT2D eigenvalue weighted by Crippen LogP contribution is -1.92. The summed E-state index contributed by atoms with van der Waals surface area (Å²) in [6.07, 6.45) is 5.76. The quantitative estimate of drug-likeness (QED) is 0.230. The molecule has 144 valence electrons. The van der Waals surface area contributed by atoms with Gasteiger partial charge in [-0.15, -0.1) is 22.7 Å². The first-order valence-electron chi connectivity index (χ1n) is 10.2. The van der Waals surface area contributed by atoms with Gasteiger partial charge in [0.05, 0.1) is 5.52 Å². The second-order valence-electron chi connectivity index (χ2n) is 7.90. The highest BCUT2D eigenvalue weighted by Gasteiger charge is 2.17. The maximum atomic E-state index is 4.70. The van der Waals surface area contributed by atoms with Gasteiger partial charge in [-0.25, -0.2) is 4.98 Å². The van der Waals surface area contributed by atoms with Crippen LogP contribution in [-0.2, 0) is 0 Å². The van der Waals surface area contributed by atoms with E-state index in [-0.39, 0.29) is 0 Å². The Labute approximate surface area is 183 Å². The van der Waals surface area contributed by atoms with E-state index in [1.165, 1.54) is 51.2 Å². The van der Waals surface area contributed by atoms with E-state index in [0.29, 0.717) is 0 Å². The second-order valence-corrected chi connectivity index (χ2v) is 10.1. The fourth-order valence-electron chi connectivity index (χ4n) is 5.01. The minimum Gasteiger partial charge on any atom is -0.298 e. The molecule has 0 amide bonds. The number of imidazole rings is 1. The molecule has 0 atom stereocenters. The van der Waals surface area contributed by atoms with Crippen LogP contribution in [0.3, 0.4) is 0 Å². The predicted octanol–water partition coefficient (Wildman–Crippen LogP) is 7.77. The fraction of sp³-hybridized carbons (Fsp3) is 0. The minimum absolute atomic E-state index is 0.911. The number of thiophene rings is 2. The van der Waals surface area contributed by atoms with Crippen LogP contribution in [0.2, 0.25) is 0 Å². The molecule has 0 saturated heterocycles. The van der Waals surface area contributed by atoms with E-state index in [1.54, 1.807) is 0 Å². The van der Waals surface area contributed by atoms with E-state index in [0.717, 1.165) is 16.6 Å². The molecule has 0 fully saturated rings. The van der Waals surface area contributed by atoms with Crippen molar-refractivity contribution in [2.24, 2.45) is 0 Å². The first kappa shape index (κ1) is 16.2. The van der Waals surface area contributed by atoms with Gasteiger partial charge in [0.2, 0.25) is 0 Å². The molecule has 0 N–H and O–H groups in total. The fourth-order valence-corrected chi connectivity index (χ4v) is 7.27. The van der Waals surface area contributed by atoms with Crippen molar-refractivity contribution in [3.63, 3.8) is 0 Å². The number of hydrogen-bond donors (Lipinski definition) is 0. The molecule has 3 aromatic carbocycles. The molecule has 5 heteroatoms. The van der Waals surface area contributed by atoms with Crippen molar-refractivity contribution in [2.75, 3.05) is 0 Å². The van der Waals surface area contributed by atoms with Gasteiger partial charge in [-0.05, 0) is 36.4 Å². The number of rotatable bonds is 0. The highest BCUT2D eigenvalue weighted by molar-refractivity contribution is 7.27. The van der Waals surface area contributed by atoms with E-state index < -0.39 is 0 Å². The number of pyridine rings is 2. The average molecular weight is 432 g/mol. The zero-order chi connectivity index (χ0) is 20.1. The summed E-state index contributed by atoms with van der Waals surface area (Å²) in [5.41, 5.74) is 3.04. The van der Waals surface area contributed by atoms with Crippen LogP contribution in [0.1, 0.15) is 0 Å². The molecule has 0 aliphatic carbocycles. The minimum atomic E-state index is 0.911. The average Bonchev–Trinajstić information content (AvgIpc) is 3.52. The molecule has 0 bridgehead atoms. The summed E-state index contributed by atoms with van der Waals surface area (Å²) in [7, 11) is 0. The molecular formula is C26H13N3S2. The Balaban J connectivity index is 1.67. The van der Waals surface area contributed by atoms with Crippen molar-refractivity contribution in [1.29, 1.82) is 0 Å². The van der Waals surface area contributed by atoms with Crippen LogP contribution in [-0.4, -0.2) is 14.4 Å². The van der Waals surface area contributed by atoms with Gasteiger partial charge >= 0.3 is 0 Å². The summed E-state index contributed by atoms with van der Waals surface area (Å²) in [5.74, 6) is 0. The van der Waals surface area contributed by atoms with E-state index in [4.69, 9.17) is 4.98 Å². The normalized spacial score (nSPS) is 12.5.